The minimum Gasteiger partial charge on any atom is -0.480 e. The molecule has 0 aliphatic heterocycles. The highest BCUT2D eigenvalue weighted by Crippen LogP contribution is 2.09. The van der Waals surface area contributed by atoms with Crippen molar-refractivity contribution >= 4 is 29.6 Å². The SMILES string of the molecule is CC(C)CC(NC(=O)C(N)C(C)O)C(=O)NC(Cc1ccccc1)C(=O)NC(CCC(N)=O)C(=O)O. The number of carboxylic acids is 1. The lowest BCUT2D eigenvalue weighted by atomic mass is 10.00. The first-order valence-corrected chi connectivity index (χ1v) is 11.7. The van der Waals surface area contributed by atoms with Crippen LogP contribution < -0.4 is 27.4 Å². The first-order valence-electron chi connectivity index (χ1n) is 11.7. The van der Waals surface area contributed by atoms with E-state index in [1.165, 1.54) is 6.92 Å². The maximum absolute atomic E-state index is 13.2. The Labute approximate surface area is 210 Å². The molecular formula is C24H37N5O7. The number of aliphatic carboxylic acids is 1. The Morgan fingerprint density at radius 1 is 0.861 bits per heavy atom. The van der Waals surface area contributed by atoms with Crippen LogP contribution >= 0.6 is 0 Å². The molecule has 12 heteroatoms. The van der Waals surface area contributed by atoms with E-state index in [0.29, 0.717) is 5.56 Å². The fourth-order valence-corrected chi connectivity index (χ4v) is 3.34. The molecule has 12 nitrogen and oxygen atoms in total. The zero-order valence-electron chi connectivity index (χ0n) is 20.8. The van der Waals surface area contributed by atoms with Gasteiger partial charge in [0.15, 0.2) is 0 Å². The minimum atomic E-state index is -1.39. The molecule has 0 fully saturated rings. The number of aliphatic hydroxyl groups excluding tert-OH is 1. The molecule has 1 aromatic carbocycles. The number of aliphatic hydroxyl groups is 1. The van der Waals surface area contributed by atoms with Crippen molar-refractivity contribution in [2.45, 2.75) is 76.7 Å². The molecule has 0 aliphatic rings. The van der Waals surface area contributed by atoms with Gasteiger partial charge in [-0.25, -0.2) is 4.79 Å². The van der Waals surface area contributed by atoms with E-state index in [1.807, 2.05) is 13.8 Å². The summed E-state index contributed by atoms with van der Waals surface area (Å²) in [5.41, 5.74) is 11.5. The van der Waals surface area contributed by atoms with Gasteiger partial charge in [-0.1, -0.05) is 44.2 Å². The standard InChI is InChI=1S/C24H37N5O7/c1-13(2)11-17(29-23(34)20(26)14(3)30)21(32)28-18(12-15-7-5-4-6-8-15)22(33)27-16(24(35)36)9-10-19(25)31/h4-8,13-14,16-18,20,30H,9-12,26H2,1-3H3,(H2,25,31)(H,27,33)(H,28,32)(H,29,34)(H,35,36). The van der Waals surface area contributed by atoms with Crippen LogP contribution in [0.1, 0.15) is 45.6 Å². The van der Waals surface area contributed by atoms with Crippen LogP contribution in [0.25, 0.3) is 0 Å². The van der Waals surface area contributed by atoms with Crippen molar-refractivity contribution in [1.82, 2.24) is 16.0 Å². The van der Waals surface area contributed by atoms with E-state index in [4.69, 9.17) is 11.5 Å². The van der Waals surface area contributed by atoms with Crippen molar-refractivity contribution in [1.29, 1.82) is 0 Å². The van der Waals surface area contributed by atoms with Crippen LogP contribution in [0.15, 0.2) is 30.3 Å². The predicted octanol–water partition coefficient (Wildman–Crippen LogP) is -1.21. The van der Waals surface area contributed by atoms with Gasteiger partial charge in [0.2, 0.25) is 23.6 Å². The zero-order valence-corrected chi connectivity index (χ0v) is 20.8. The normalized spacial score (nSPS) is 15.2. The average Bonchev–Trinajstić information content (AvgIpc) is 2.79. The van der Waals surface area contributed by atoms with Crippen LogP contribution in [0, 0.1) is 5.92 Å². The summed E-state index contributed by atoms with van der Waals surface area (Å²) in [7, 11) is 0. The topological polar surface area (TPSA) is 214 Å². The van der Waals surface area contributed by atoms with E-state index in [2.05, 4.69) is 16.0 Å². The molecule has 4 amide bonds. The molecule has 0 spiro atoms. The van der Waals surface area contributed by atoms with Crippen molar-refractivity contribution in [2.75, 3.05) is 0 Å². The Morgan fingerprint density at radius 2 is 1.39 bits per heavy atom. The van der Waals surface area contributed by atoms with Crippen LogP contribution in [-0.2, 0) is 30.4 Å². The summed E-state index contributed by atoms with van der Waals surface area (Å²) in [5.74, 6) is -4.27. The third-order valence-electron chi connectivity index (χ3n) is 5.37. The Bertz CT molecular complexity index is 907. The molecule has 0 aromatic heterocycles. The molecule has 9 N–H and O–H groups in total. The Kier molecular flexibility index (Phi) is 12.5. The summed E-state index contributed by atoms with van der Waals surface area (Å²) in [5, 5.41) is 26.5. The summed E-state index contributed by atoms with van der Waals surface area (Å²) in [4.78, 5) is 61.3. The molecule has 36 heavy (non-hydrogen) atoms. The lowest BCUT2D eigenvalue weighted by Crippen LogP contribution is -2.58. The number of carboxylic acid groups (broad SMARTS) is 1. The molecule has 200 valence electrons. The van der Waals surface area contributed by atoms with Gasteiger partial charge in [0.05, 0.1) is 6.10 Å². The van der Waals surface area contributed by atoms with Gasteiger partial charge in [-0.3, -0.25) is 19.2 Å². The van der Waals surface area contributed by atoms with Gasteiger partial charge in [-0.2, -0.15) is 0 Å². The monoisotopic (exact) mass is 507 g/mol. The number of amides is 4. The summed E-state index contributed by atoms with van der Waals surface area (Å²) < 4.78 is 0. The number of nitrogens with two attached hydrogens (primary N) is 2. The molecule has 0 saturated heterocycles. The second kappa shape index (κ2) is 14.8. The quantitative estimate of drug-likeness (QED) is 0.152. The van der Waals surface area contributed by atoms with E-state index in [9.17, 15) is 34.2 Å². The summed E-state index contributed by atoms with van der Waals surface area (Å²) in [6, 6.07) is 3.86. The van der Waals surface area contributed by atoms with E-state index >= 15 is 0 Å². The van der Waals surface area contributed by atoms with Crippen molar-refractivity contribution in [3.63, 3.8) is 0 Å². The van der Waals surface area contributed by atoms with E-state index in [-0.39, 0.29) is 31.6 Å². The van der Waals surface area contributed by atoms with Crippen LogP contribution in [-0.4, -0.2) is 70.1 Å². The van der Waals surface area contributed by atoms with Gasteiger partial charge >= 0.3 is 5.97 Å². The first-order chi connectivity index (χ1) is 16.8. The van der Waals surface area contributed by atoms with Crippen molar-refractivity contribution < 1.29 is 34.2 Å². The Balaban J connectivity index is 3.13. The second-order valence-electron chi connectivity index (χ2n) is 9.11. The molecule has 5 unspecified atom stereocenters. The molecule has 5 atom stereocenters. The average molecular weight is 508 g/mol. The van der Waals surface area contributed by atoms with E-state index in [1.54, 1.807) is 30.3 Å². The summed E-state index contributed by atoms with van der Waals surface area (Å²) in [6.45, 7) is 5.02. The molecule has 0 heterocycles. The highest BCUT2D eigenvalue weighted by molar-refractivity contribution is 5.94. The number of benzene rings is 1. The molecule has 0 aliphatic carbocycles. The van der Waals surface area contributed by atoms with Gasteiger partial charge in [-0.05, 0) is 31.2 Å². The number of carbonyl (C=O) groups is 5. The van der Waals surface area contributed by atoms with Gasteiger partial charge < -0.3 is 37.6 Å². The molecule has 0 radical (unpaired) electrons. The largest absolute Gasteiger partial charge is 0.480 e. The molecule has 0 saturated carbocycles. The Morgan fingerprint density at radius 3 is 1.89 bits per heavy atom. The van der Waals surface area contributed by atoms with E-state index in [0.717, 1.165) is 0 Å². The third kappa shape index (κ3) is 10.8. The second-order valence-corrected chi connectivity index (χ2v) is 9.11. The summed E-state index contributed by atoms with van der Waals surface area (Å²) >= 11 is 0. The molecule has 0 bridgehead atoms. The fraction of sp³-hybridized carbons (Fsp3) is 0.542. The molecule has 1 rings (SSSR count). The third-order valence-corrected chi connectivity index (χ3v) is 5.37. The van der Waals surface area contributed by atoms with Crippen LogP contribution in [0.5, 0.6) is 0 Å². The molecular weight excluding hydrogens is 470 g/mol. The number of carbonyl (C=O) groups excluding carboxylic acids is 4. The van der Waals surface area contributed by atoms with Gasteiger partial charge in [0.25, 0.3) is 0 Å². The Hall–Kier alpha value is -3.51. The number of nitrogens with one attached hydrogen (secondary N) is 3. The van der Waals surface area contributed by atoms with Crippen molar-refractivity contribution in [2.24, 2.45) is 17.4 Å². The van der Waals surface area contributed by atoms with Crippen LogP contribution in [0.2, 0.25) is 0 Å². The number of rotatable bonds is 15. The number of primary amides is 1. The number of hydrogen-bond acceptors (Lipinski definition) is 7. The predicted molar refractivity (Wildman–Crippen MR) is 131 cm³/mol. The van der Waals surface area contributed by atoms with Gasteiger partial charge in [0.1, 0.15) is 24.2 Å². The molecule has 1 aromatic rings. The smallest absolute Gasteiger partial charge is 0.326 e. The highest BCUT2D eigenvalue weighted by Gasteiger charge is 2.31. The zero-order chi connectivity index (χ0) is 27.4. The van der Waals surface area contributed by atoms with Crippen LogP contribution in [0.4, 0.5) is 0 Å². The lowest BCUT2D eigenvalue weighted by molar-refractivity contribution is -0.142. The summed E-state index contributed by atoms with van der Waals surface area (Å²) in [6.07, 6.45) is -1.35. The lowest BCUT2D eigenvalue weighted by Gasteiger charge is -2.26. The van der Waals surface area contributed by atoms with Gasteiger partial charge in [0, 0.05) is 12.8 Å². The maximum Gasteiger partial charge on any atom is 0.326 e. The van der Waals surface area contributed by atoms with Gasteiger partial charge in [-0.15, -0.1) is 0 Å². The maximum atomic E-state index is 13.2. The van der Waals surface area contributed by atoms with Crippen molar-refractivity contribution in [3.8, 4) is 0 Å². The first kappa shape index (κ1) is 30.5. The number of hydrogen-bond donors (Lipinski definition) is 7. The van der Waals surface area contributed by atoms with Crippen molar-refractivity contribution in [3.05, 3.63) is 35.9 Å². The fourth-order valence-electron chi connectivity index (χ4n) is 3.34. The van der Waals surface area contributed by atoms with E-state index < -0.39 is 59.9 Å². The minimum absolute atomic E-state index is 0.0181. The van der Waals surface area contributed by atoms with Crippen LogP contribution in [0.3, 0.4) is 0 Å². The highest BCUT2D eigenvalue weighted by atomic mass is 16.4.